The van der Waals surface area contributed by atoms with Crippen molar-refractivity contribution in [3.8, 4) is 0 Å². The van der Waals surface area contributed by atoms with Crippen LogP contribution in [0.25, 0.3) is 0 Å². The monoisotopic (exact) mass is 310 g/mol. The van der Waals surface area contributed by atoms with Gasteiger partial charge < -0.3 is 10.2 Å². The lowest BCUT2D eigenvalue weighted by Crippen LogP contribution is -2.46. The van der Waals surface area contributed by atoms with E-state index in [-0.39, 0.29) is 10.7 Å². The standard InChI is InChI=1S/C14H18N2O4S/c17-14-5-8-16(10-3-6-15-7-4-10)13-2-1-11(9-12(13)14)21(18,19)20/h1-2,9-10,15H,3-8H2,(H,18,19,20). The number of carbonyl (C=O) groups excluding carboxylic acids is 1. The van der Waals surface area contributed by atoms with Crippen molar-refractivity contribution in [2.45, 2.75) is 30.2 Å². The van der Waals surface area contributed by atoms with Gasteiger partial charge >= 0.3 is 0 Å². The zero-order valence-electron chi connectivity index (χ0n) is 11.6. The lowest BCUT2D eigenvalue weighted by Gasteiger charge is -2.39. The number of fused-ring (bicyclic) bond motifs is 1. The highest BCUT2D eigenvalue weighted by Gasteiger charge is 2.30. The van der Waals surface area contributed by atoms with Crippen molar-refractivity contribution in [2.24, 2.45) is 0 Å². The Labute approximate surface area is 123 Å². The third-order valence-electron chi connectivity index (χ3n) is 4.20. The van der Waals surface area contributed by atoms with Crippen LogP contribution in [0.4, 0.5) is 5.69 Å². The molecule has 114 valence electrons. The number of nitrogens with one attached hydrogen (secondary N) is 1. The Hall–Kier alpha value is -1.44. The van der Waals surface area contributed by atoms with Gasteiger partial charge in [0.2, 0.25) is 0 Å². The van der Waals surface area contributed by atoms with Gasteiger partial charge in [-0.3, -0.25) is 9.35 Å². The van der Waals surface area contributed by atoms with Crippen LogP contribution >= 0.6 is 0 Å². The highest BCUT2D eigenvalue weighted by atomic mass is 32.2. The summed E-state index contributed by atoms with van der Waals surface area (Å²) in [5.41, 5.74) is 1.18. The van der Waals surface area contributed by atoms with E-state index >= 15 is 0 Å². The van der Waals surface area contributed by atoms with Gasteiger partial charge in [0, 0.05) is 30.3 Å². The molecule has 0 amide bonds. The van der Waals surface area contributed by atoms with Gasteiger partial charge in [0.15, 0.2) is 5.78 Å². The largest absolute Gasteiger partial charge is 0.367 e. The predicted octanol–water partition coefficient (Wildman–Crippen LogP) is 1.08. The van der Waals surface area contributed by atoms with Crippen molar-refractivity contribution < 1.29 is 17.8 Å². The van der Waals surface area contributed by atoms with Crippen LogP contribution in [0.3, 0.4) is 0 Å². The van der Waals surface area contributed by atoms with Crippen LogP contribution in [-0.4, -0.2) is 44.4 Å². The first-order chi connectivity index (χ1) is 9.97. The summed E-state index contributed by atoms with van der Waals surface area (Å²) in [5.74, 6) is -0.0688. The van der Waals surface area contributed by atoms with E-state index in [0.717, 1.165) is 31.6 Å². The van der Waals surface area contributed by atoms with Crippen LogP contribution < -0.4 is 10.2 Å². The number of hydrogen-bond acceptors (Lipinski definition) is 5. The molecule has 1 aromatic carbocycles. The number of Topliss-reactive ketones (excluding diaryl/α,β-unsaturated/α-hetero) is 1. The van der Waals surface area contributed by atoms with Crippen molar-refractivity contribution in [3.05, 3.63) is 23.8 Å². The Bertz CT molecular complexity index is 666. The Morgan fingerprint density at radius 2 is 1.95 bits per heavy atom. The van der Waals surface area contributed by atoms with Gasteiger partial charge in [-0.05, 0) is 44.1 Å². The first-order valence-electron chi connectivity index (χ1n) is 7.09. The van der Waals surface area contributed by atoms with E-state index in [9.17, 15) is 13.2 Å². The minimum absolute atomic E-state index is 0.0688. The first kappa shape index (κ1) is 14.5. The molecule has 0 atom stereocenters. The SMILES string of the molecule is O=C1CCN(C2CCNCC2)c2ccc(S(=O)(=O)O)cc21. The molecule has 2 N–H and O–H groups in total. The van der Waals surface area contributed by atoms with E-state index in [1.54, 1.807) is 6.07 Å². The van der Waals surface area contributed by atoms with Crippen molar-refractivity contribution in [1.82, 2.24) is 5.32 Å². The molecule has 0 spiro atoms. The molecule has 1 fully saturated rings. The summed E-state index contributed by atoms with van der Waals surface area (Å²) in [6.07, 6.45) is 2.40. The van der Waals surface area contributed by atoms with Gasteiger partial charge in [0.25, 0.3) is 10.1 Å². The van der Waals surface area contributed by atoms with Crippen LogP contribution in [0.15, 0.2) is 23.1 Å². The van der Waals surface area contributed by atoms with Gasteiger partial charge in [-0.25, -0.2) is 0 Å². The van der Waals surface area contributed by atoms with Gasteiger partial charge in [-0.15, -0.1) is 0 Å². The van der Waals surface area contributed by atoms with Crippen LogP contribution in [0.5, 0.6) is 0 Å². The van der Waals surface area contributed by atoms with Crippen LogP contribution in [0, 0.1) is 0 Å². The van der Waals surface area contributed by atoms with Gasteiger partial charge in [-0.2, -0.15) is 8.42 Å². The summed E-state index contributed by atoms with van der Waals surface area (Å²) in [5, 5.41) is 3.31. The third kappa shape index (κ3) is 2.81. The molecule has 1 saturated heterocycles. The molecule has 21 heavy (non-hydrogen) atoms. The molecule has 2 aliphatic rings. The summed E-state index contributed by atoms with van der Waals surface area (Å²) in [6, 6.07) is 4.66. The Kier molecular flexibility index (Phi) is 3.73. The topological polar surface area (TPSA) is 86.7 Å². The summed E-state index contributed by atoms with van der Waals surface area (Å²) >= 11 is 0. The number of piperidine rings is 1. The molecule has 0 bridgehead atoms. The fourth-order valence-corrected chi connectivity index (χ4v) is 3.63. The van der Waals surface area contributed by atoms with E-state index < -0.39 is 10.1 Å². The van der Waals surface area contributed by atoms with Crippen LogP contribution in [-0.2, 0) is 10.1 Å². The fourth-order valence-electron chi connectivity index (χ4n) is 3.12. The van der Waals surface area contributed by atoms with Crippen LogP contribution in [0.2, 0.25) is 0 Å². The molecule has 0 unspecified atom stereocenters. The maximum Gasteiger partial charge on any atom is 0.294 e. The van der Waals surface area contributed by atoms with Crippen molar-refractivity contribution in [3.63, 3.8) is 0 Å². The summed E-state index contributed by atoms with van der Waals surface area (Å²) < 4.78 is 31.6. The normalized spacial score (nSPS) is 20.4. The van der Waals surface area contributed by atoms with E-state index in [0.29, 0.717) is 24.6 Å². The highest BCUT2D eigenvalue weighted by Crippen LogP contribution is 2.32. The number of nitrogens with zero attached hydrogens (tertiary/aromatic N) is 1. The number of ketones is 1. The Balaban J connectivity index is 2.00. The molecule has 0 aliphatic carbocycles. The molecule has 7 heteroatoms. The zero-order chi connectivity index (χ0) is 15.0. The minimum Gasteiger partial charge on any atom is -0.367 e. The van der Waals surface area contributed by atoms with Crippen molar-refractivity contribution >= 4 is 21.6 Å². The van der Waals surface area contributed by atoms with Crippen molar-refractivity contribution in [1.29, 1.82) is 0 Å². The second kappa shape index (κ2) is 5.40. The average Bonchev–Trinajstić information content (AvgIpc) is 2.47. The summed E-state index contributed by atoms with van der Waals surface area (Å²) in [6.45, 7) is 2.57. The lowest BCUT2D eigenvalue weighted by molar-refractivity contribution is 0.0978. The number of rotatable bonds is 2. The molecule has 2 heterocycles. The number of hydrogen-bond donors (Lipinski definition) is 2. The maximum absolute atomic E-state index is 12.1. The molecular formula is C14H18N2O4S. The second-order valence-corrected chi connectivity index (χ2v) is 6.92. The fraction of sp³-hybridized carbons (Fsp3) is 0.500. The quantitative estimate of drug-likeness (QED) is 0.795. The van der Waals surface area contributed by atoms with Gasteiger partial charge in [0.05, 0.1) is 4.90 Å². The average molecular weight is 310 g/mol. The van der Waals surface area contributed by atoms with Crippen LogP contribution in [0.1, 0.15) is 29.6 Å². The molecular weight excluding hydrogens is 292 g/mol. The highest BCUT2D eigenvalue weighted by molar-refractivity contribution is 7.85. The van der Waals surface area contributed by atoms with Crippen molar-refractivity contribution in [2.75, 3.05) is 24.5 Å². The molecule has 0 saturated carbocycles. The zero-order valence-corrected chi connectivity index (χ0v) is 12.4. The smallest absolute Gasteiger partial charge is 0.294 e. The van der Waals surface area contributed by atoms with E-state index in [2.05, 4.69) is 10.2 Å². The summed E-state index contributed by atoms with van der Waals surface area (Å²) in [4.78, 5) is 14.1. The van der Waals surface area contributed by atoms with E-state index in [1.165, 1.54) is 12.1 Å². The van der Waals surface area contributed by atoms with Gasteiger partial charge in [-0.1, -0.05) is 0 Å². The third-order valence-corrected chi connectivity index (χ3v) is 5.05. The van der Waals surface area contributed by atoms with Gasteiger partial charge in [0.1, 0.15) is 0 Å². The van der Waals surface area contributed by atoms with E-state index in [4.69, 9.17) is 4.55 Å². The molecule has 6 nitrogen and oxygen atoms in total. The summed E-state index contributed by atoms with van der Waals surface area (Å²) in [7, 11) is -4.28. The number of benzene rings is 1. The molecule has 0 radical (unpaired) electrons. The molecule has 3 rings (SSSR count). The predicted molar refractivity (Wildman–Crippen MR) is 78.4 cm³/mol. The Morgan fingerprint density at radius 1 is 1.24 bits per heavy atom. The van der Waals surface area contributed by atoms with E-state index in [1.807, 2.05) is 0 Å². The second-order valence-electron chi connectivity index (χ2n) is 5.50. The molecule has 1 aromatic rings. The number of anilines is 1. The molecule has 0 aromatic heterocycles. The molecule has 2 aliphatic heterocycles. The number of carbonyl (C=O) groups is 1. The first-order valence-corrected chi connectivity index (χ1v) is 8.53. The minimum atomic E-state index is -4.28. The lowest BCUT2D eigenvalue weighted by atomic mass is 9.95. The Morgan fingerprint density at radius 3 is 2.62 bits per heavy atom. The maximum atomic E-state index is 12.1.